The van der Waals surface area contributed by atoms with Gasteiger partial charge >= 0.3 is 0 Å². The number of carbonyl (C=O) groups excluding carboxylic acids is 1. The fraction of sp³-hybridized carbons (Fsp3) is 0.214. The fourth-order valence-corrected chi connectivity index (χ4v) is 4.26. The Morgan fingerprint density at radius 3 is 2.54 bits per heavy atom. The molecule has 0 saturated heterocycles. The van der Waals surface area contributed by atoms with E-state index in [-0.39, 0.29) is 5.91 Å². The van der Waals surface area contributed by atoms with Crippen molar-refractivity contribution in [2.24, 2.45) is 0 Å². The highest BCUT2D eigenvalue weighted by Crippen LogP contribution is 2.39. The Hall–Kier alpha value is -4.66. The zero-order chi connectivity index (χ0) is 25.8. The summed E-state index contributed by atoms with van der Waals surface area (Å²) in [6.07, 6.45) is 0. The maximum atomic E-state index is 13.5. The molecule has 37 heavy (non-hydrogen) atoms. The van der Waals surface area contributed by atoms with Crippen LogP contribution in [0.1, 0.15) is 36.6 Å². The largest absolute Gasteiger partial charge is 0.490 e. The van der Waals surface area contributed by atoms with Gasteiger partial charge in [-0.15, -0.1) is 0 Å². The lowest BCUT2D eigenvalue weighted by atomic mass is 9.94. The molecular weight excluding hydrogens is 468 g/mol. The summed E-state index contributed by atoms with van der Waals surface area (Å²) in [5.41, 5.74) is 4.91. The third-order valence-electron chi connectivity index (χ3n) is 6.09. The highest BCUT2D eigenvalue weighted by atomic mass is 16.5. The summed E-state index contributed by atoms with van der Waals surface area (Å²) in [5.74, 6) is 1.41. The molecule has 0 radical (unpaired) electrons. The predicted octanol–water partition coefficient (Wildman–Crippen LogP) is 4.89. The standard InChI is InChI=1S/C28H28N6O3/c1-4-36-24-16-21(14-15-23(24)37-17-20-12-10-18(2)11-13-20)26-25(19(3)29-28-31-32-33-34(26)28)27(35)30-22-8-6-5-7-9-22/h5-16,26H,4,17H2,1-3H3,(H,30,35)(H,29,31,33). The van der Waals surface area contributed by atoms with Crippen molar-refractivity contribution in [2.45, 2.75) is 33.4 Å². The number of aromatic nitrogens is 4. The first-order chi connectivity index (χ1) is 18.0. The molecule has 0 aliphatic carbocycles. The molecular formula is C28H28N6O3. The van der Waals surface area contributed by atoms with Crippen molar-refractivity contribution >= 4 is 17.5 Å². The monoisotopic (exact) mass is 496 g/mol. The normalized spacial score (nSPS) is 14.5. The Morgan fingerprint density at radius 2 is 1.78 bits per heavy atom. The van der Waals surface area contributed by atoms with E-state index in [9.17, 15) is 4.79 Å². The quantitative estimate of drug-likeness (QED) is 0.358. The van der Waals surface area contributed by atoms with Crippen LogP contribution in [0.4, 0.5) is 11.6 Å². The number of nitrogens with one attached hydrogen (secondary N) is 2. The van der Waals surface area contributed by atoms with Crippen LogP contribution in [0.5, 0.6) is 11.5 Å². The van der Waals surface area contributed by atoms with E-state index in [0.29, 0.717) is 47.6 Å². The molecule has 9 nitrogen and oxygen atoms in total. The number of anilines is 2. The summed E-state index contributed by atoms with van der Waals surface area (Å²) in [5, 5.41) is 18.2. The van der Waals surface area contributed by atoms with Crippen molar-refractivity contribution < 1.29 is 14.3 Å². The van der Waals surface area contributed by atoms with Crippen LogP contribution in [0.2, 0.25) is 0 Å². The second-order valence-electron chi connectivity index (χ2n) is 8.75. The molecule has 1 amide bonds. The minimum Gasteiger partial charge on any atom is -0.490 e. The molecule has 0 saturated carbocycles. The van der Waals surface area contributed by atoms with Crippen molar-refractivity contribution in [1.29, 1.82) is 0 Å². The van der Waals surface area contributed by atoms with Crippen molar-refractivity contribution in [2.75, 3.05) is 17.2 Å². The van der Waals surface area contributed by atoms with E-state index < -0.39 is 6.04 Å². The molecule has 1 aliphatic heterocycles. The zero-order valence-corrected chi connectivity index (χ0v) is 20.9. The number of para-hydroxylation sites is 1. The van der Waals surface area contributed by atoms with Crippen LogP contribution < -0.4 is 20.1 Å². The van der Waals surface area contributed by atoms with E-state index in [1.807, 2.05) is 74.5 Å². The van der Waals surface area contributed by atoms with Crippen molar-refractivity contribution in [1.82, 2.24) is 20.2 Å². The number of tetrazole rings is 1. The number of fused-ring (bicyclic) bond motifs is 1. The molecule has 1 aliphatic rings. The summed E-state index contributed by atoms with van der Waals surface area (Å²) in [6.45, 7) is 6.69. The number of allylic oxidation sites excluding steroid dienone is 1. The maximum Gasteiger partial charge on any atom is 0.255 e. The van der Waals surface area contributed by atoms with E-state index in [0.717, 1.165) is 11.1 Å². The van der Waals surface area contributed by atoms with Crippen LogP contribution in [0.25, 0.3) is 0 Å². The Labute approximate surface area is 215 Å². The molecule has 3 aromatic carbocycles. The number of rotatable bonds is 8. The van der Waals surface area contributed by atoms with Gasteiger partial charge in [0.1, 0.15) is 12.6 Å². The average molecular weight is 497 g/mol. The number of aryl methyl sites for hydroxylation is 1. The molecule has 1 atom stereocenters. The summed E-state index contributed by atoms with van der Waals surface area (Å²) in [4.78, 5) is 13.5. The second-order valence-corrected chi connectivity index (χ2v) is 8.75. The number of hydrogen-bond donors (Lipinski definition) is 2. The van der Waals surface area contributed by atoms with E-state index >= 15 is 0 Å². The number of hydrogen-bond acceptors (Lipinski definition) is 7. The van der Waals surface area contributed by atoms with Gasteiger partial charge in [-0.05, 0) is 66.6 Å². The topological polar surface area (TPSA) is 103 Å². The van der Waals surface area contributed by atoms with Gasteiger partial charge in [0.2, 0.25) is 5.95 Å². The van der Waals surface area contributed by atoms with Gasteiger partial charge in [0.25, 0.3) is 5.91 Å². The first kappa shape index (κ1) is 24.1. The lowest BCUT2D eigenvalue weighted by molar-refractivity contribution is -0.113. The van der Waals surface area contributed by atoms with Gasteiger partial charge in [-0.1, -0.05) is 59.2 Å². The van der Waals surface area contributed by atoms with Crippen LogP contribution in [-0.4, -0.2) is 32.7 Å². The first-order valence-electron chi connectivity index (χ1n) is 12.1. The van der Waals surface area contributed by atoms with Crippen molar-refractivity contribution in [3.8, 4) is 11.5 Å². The number of carbonyl (C=O) groups is 1. The maximum absolute atomic E-state index is 13.5. The first-order valence-corrected chi connectivity index (χ1v) is 12.1. The van der Waals surface area contributed by atoms with E-state index in [1.54, 1.807) is 4.68 Å². The lowest BCUT2D eigenvalue weighted by Gasteiger charge is -2.28. The van der Waals surface area contributed by atoms with Gasteiger partial charge in [-0.3, -0.25) is 4.79 Å². The van der Waals surface area contributed by atoms with Crippen LogP contribution in [0.15, 0.2) is 84.1 Å². The number of benzene rings is 3. The van der Waals surface area contributed by atoms with Gasteiger partial charge in [0.15, 0.2) is 11.5 Å². The average Bonchev–Trinajstić information content (AvgIpc) is 3.37. The molecule has 0 bridgehead atoms. The summed E-state index contributed by atoms with van der Waals surface area (Å²) in [6, 6.07) is 22.6. The molecule has 0 spiro atoms. The van der Waals surface area contributed by atoms with Crippen molar-refractivity contribution in [3.05, 3.63) is 101 Å². The molecule has 4 aromatic rings. The van der Waals surface area contributed by atoms with E-state index in [2.05, 4.69) is 45.2 Å². The summed E-state index contributed by atoms with van der Waals surface area (Å²) < 4.78 is 13.7. The third-order valence-corrected chi connectivity index (χ3v) is 6.09. The zero-order valence-electron chi connectivity index (χ0n) is 20.9. The van der Waals surface area contributed by atoms with Gasteiger partial charge in [-0.25, -0.2) is 0 Å². The smallest absolute Gasteiger partial charge is 0.255 e. The molecule has 2 N–H and O–H groups in total. The van der Waals surface area contributed by atoms with Crippen LogP contribution in [-0.2, 0) is 11.4 Å². The number of ether oxygens (including phenoxy) is 2. The van der Waals surface area contributed by atoms with Crippen LogP contribution in [0.3, 0.4) is 0 Å². The molecule has 9 heteroatoms. The highest BCUT2D eigenvalue weighted by molar-refractivity contribution is 6.06. The highest BCUT2D eigenvalue weighted by Gasteiger charge is 2.34. The van der Waals surface area contributed by atoms with Gasteiger partial charge in [-0.2, -0.15) is 4.68 Å². The third kappa shape index (κ3) is 5.16. The molecule has 1 aromatic heterocycles. The predicted molar refractivity (Wildman–Crippen MR) is 140 cm³/mol. The SMILES string of the molecule is CCOc1cc(C2C(C(=O)Nc3ccccc3)=C(C)Nc3nnnn32)ccc1OCc1ccc(C)cc1. The minimum atomic E-state index is -0.569. The number of amides is 1. The summed E-state index contributed by atoms with van der Waals surface area (Å²) >= 11 is 0. The molecule has 5 rings (SSSR count). The molecule has 2 heterocycles. The Kier molecular flexibility index (Phi) is 6.85. The van der Waals surface area contributed by atoms with E-state index in [1.165, 1.54) is 5.56 Å². The van der Waals surface area contributed by atoms with E-state index in [4.69, 9.17) is 9.47 Å². The second kappa shape index (κ2) is 10.5. The lowest BCUT2D eigenvalue weighted by Crippen LogP contribution is -2.31. The summed E-state index contributed by atoms with van der Waals surface area (Å²) in [7, 11) is 0. The van der Waals surface area contributed by atoms with Crippen molar-refractivity contribution in [3.63, 3.8) is 0 Å². The molecule has 188 valence electrons. The Morgan fingerprint density at radius 1 is 1.00 bits per heavy atom. The van der Waals surface area contributed by atoms with Crippen LogP contribution in [0, 0.1) is 6.92 Å². The molecule has 1 unspecified atom stereocenters. The fourth-order valence-electron chi connectivity index (χ4n) is 4.26. The van der Waals surface area contributed by atoms with Gasteiger partial charge in [0.05, 0.1) is 12.2 Å². The van der Waals surface area contributed by atoms with Gasteiger partial charge in [0, 0.05) is 11.4 Å². The Bertz CT molecular complexity index is 1430. The Balaban J connectivity index is 1.48. The number of nitrogens with zero attached hydrogens (tertiary/aromatic N) is 4. The minimum absolute atomic E-state index is 0.250. The molecule has 0 fully saturated rings. The van der Waals surface area contributed by atoms with Crippen LogP contribution >= 0.6 is 0 Å². The van der Waals surface area contributed by atoms with Gasteiger partial charge < -0.3 is 20.1 Å².